The number of amides is 2. The summed E-state index contributed by atoms with van der Waals surface area (Å²) in [6.45, 7) is 2.10. The summed E-state index contributed by atoms with van der Waals surface area (Å²) in [6, 6.07) is 22.7. The predicted octanol–water partition coefficient (Wildman–Crippen LogP) is 5.93. The van der Waals surface area contributed by atoms with Crippen molar-refractivity contribution >= 4 is 46.6 Å². The molecule has 1 N–H and O–H groups in total. The molecule has 0 saturated carbocycles. The summed E-state index contributed by atoms with van der Waals surface area (Å²) in [6.07, 6.45) is 0.914. The van der Waals surface area contributed by atoms with Gasteiger partial charge >= 0.3 is 0 Å². The summed E-state index contributed by atoms with van der Waals surface area (Å²) >= 11 is 7.73. The molecule has 0 aliphatic carbocycles. The Kier molecular flexibility index (Phi) is 6.11. The van der Waals surface area contributed by atoms with Gasteiger partial charge in [-0.1, -0.05) is 54.9 Å². The number of nitrogens with zero attached hydrogens (tertiary/aromatic N) is 1. The molecule has 6 heteroatoms. The number of carbonyl (C=O) groups excluding carboxylic acids is 2. The topological polar surface area (TPSA) is 49.4 Å². The number of thioether (sulfide) groups is 1. The van der Waals surface area contributed by atoms with E-state index in [1.165, 1.54) is 5.56 Å². The van der Waals surface area contributed by atoms with Gasteiger partial charge in [-0.05, 0) is 53.9 Å². The van der Waals surface area contributed by atoms with Crippen molar-refractivity contribution in [2.24, 2.45) is 0 Å². The standard InChI is InChI=1S/C24H21ClN2O2S/c1-2-16-7-5-10-19(13-16)27-22(28)15-30-24(27)17-8-6-9-18(14-17)26-23(29)20-11-3-4-12-21(20)25/h3-14,24H,2,15H2,1H3,(H,26,29)/t24-/m1/s1. The van der Waals surface area contributed by atoms with Crippen LogP contribution in [0.2, 0.25) is 5.02 Å². The van der Waals surface area contributed by atoms with Crippen molar-refractivity contribution in [1.29, 1.82) is 0 Å². The lowest BCUT2D eigenvalue weighted by Gasteiger charge is -2.25. The highest BCUT2D eigenvalue weighted by molar-refractivity contribution is 8.00. The van der Waals surface area contributed by atoms with Crippen molar-refractivity contribution in [2.75, 3.05) is 16.0 Å². The van der Waals surface area contributed by atoms with Gasteiger partial charge in [0.1, 0.15) is 5.37 Å². The van der Waals surface area contributed by atoms with Crippen LogP contribution >= 0.6 is 23.4 Å². The fourth-order valence-electron chi connectivity index (χ4n) is 3.49. The molecule has 1 aliphatic heterocycles. The molecule has 0 radical (unpaired) electrons. The lowest BCUT2D eigenvalue weighted by atomic mass is 10.1. The number of anilines is 2. The number of hydrogen-bond donors (Lipinski definition) is 1. The van der Waals surface area contributed by atoms with Crippen molar-refractivity contribution in [3.05, 3.63) is 94.5 Å². The van der Waals surface area contributed by atoms with E-state index < -0.39 is 0 Å². The van der Waals surface area contributed by atoms with Crippen molar-refractivity contribution in [3.63, 3.8) is 0 Å². The number of carbonyl (C=O) groups is 2. The number of hydrogen-bond acceptors (Lipinski definition) is 3. The van der Waals surface area contributed by atoms with Gasteiger partial charge in [-0.15, -0.1) is 11.8 Å². The molecule has 1 atom stereocenters. The van der Waals surface area contributed by atoms with Crippen LogP contribution in [0.25, 0.3) is 0 Å². The van der Waals surface area contributed by atoms with Gasteiger partial charge in [-0.25, -0.2) is 0 Å². The van der Waals surface area contributed by atoms with Crippen LogP contribution in [0.4, 0.5) is 11.4 Å². The zero-order chi connectivity index (χ0) is 21.1. The van der Waals surface area contributed by atoms with E-state index in [2.05, 4.69) is 24.4 Å². The molecule has 1 aliphatic rings. The largest absolute Gasteiger partial charge is 0.322 e. The summed E-state index contributed by atoms with van der Waals surface area (Å²) in [5.74, 6) is 0.251. The number of nitrogens with one attached hydrogen (secondary N) is 1. The van der Waals surface area contributed by atoms with E-state index in [0.29, 0.717) is 22.0 Å². The van der Waals surface area contributed by atoms with Crippen molar-refractivity contribution in [3.8, 4) is 0 Å². The van der Waals surface area contributed by atoms with Crippen LogP contribution in [0.3, 0.4) is 0 Å². The van der Waals surface area contributed by atoms with Crippen LogP contribution in [0, 0.1) is 0 Å². The van der Waals surface area contributed by atoms with E-state index in [0.717, 1.165) is 17.7 Å². The molecule has 0 aromatic heterocycles. The first kappa shape index (κ1) is 20.5. The van der Waals surface area contributed by atoms with E-state index >= 15 is 0 Å². The van der Waals surface area contributed by atoms with Gasteiger partial charge in [0.05, 0.1) is 16.3 Å². The van der Waals surface area contributed by atoms with E-state index in [1.807, 2.05) is 41.3 Å². The molecule has 1 saturated heterocycles. The van der Waals surface area contributed by atoms with E-state index in [1.54, 1.807) is 36.0 Å². The minimum absolute atomic E-state index is 0.0868. The zero-order valence-corrected chi connectivity index (χ0v) is 18.0. The highest BCUT2D eigenvalue weighted by Gasteiger charge is 2.34. The average molecular weight is 437 g/mol. The monoisotopic (exact) mass is 436 g/mol. The van der Waals surface area contributed by atoms with Gasteiger partial charge in [0.2, 0.25) is 5.91 Å². The quantitative estimate of drug-likeness (QED) is 0.539. The summed E-state index contributed by atoms with van der Waals surface area (Å²) < 4.78 is 0. The molecule has 4 rings (SSSR count). The smallest absolute Gasteiger partial charge is 0.257 e. The van der Waals surface area contributed by atoms with E-state index in [-0.39, 0.29) is 17.2 Å². The third-order valence-corrected chi connectivity index (χ3v) is 6.55. The summed E-state index contributed by atoms with van der Waals surface area (Å²) in [5, 5.41) is 3.18. The lowest BCUT2D eigenvalue weighted by Crippen LogP contribution is -2.28. The van der Waals surface area contributed by atoms with Gasteiger partial charge < -0.3 is 5.32 Å². The Morgan fingerprint density at radius 1 is 1.10 bits per heavy atom. The summed E-state index contributed by atoms with van der Waals surface area (Å²) in [5.41, 5.74) is 4.15. The molecule has 1 fully saturated rings. The van der Waals surface area contributed by atoms with Gasteiger partial charge in [0, 0.05) is 11.4 Å². The number of benzene rings is 3. The van der Waals surface area contributed by atoms with Crippen molar-refractivity contribution < 1.29 is 9.59 Å². The fourth-order valence-corrected chi connectivity index (χ4v) is 4.88. The molecule has 3 aromatic carbocycles. The van der Waals surface area contributed by atoms with Crippen LogP contribution in [0.15, 0.2) is 72.8 Å². The molecule has 152 valence electrons. The van der Waals surface area contributed by atoms with Gasteiger partial charge in [-0.3, -0.25) is 14.5 Å². The minimum Gasteiger partial charge on any atom is -0.322 e. The fraction of sp³-hybridized carbons (Fsp3) is 0.167. The minimum atomic E-state index is -0.264. The van der Waals surface area contributed by atoms with Crippen LogP contribution in [0.5, 0.6) is 0 Å². The maximum atomic E-state index is 12.7. The predicted molar refractivity (Wildman–Crippen MR) is 124 cm³/mol. The molecule has 1 heterocycles. The molecule has 0 unspecified atom stereocenters. The molecule has 3 aromatic rings. The highest BCUT2D eigenvalue weighted by atomic mass is 35.5. The normalized spacial score (nSPS) is 16.0. The second-order valence-corrected chi connectivity index (χ2v) is 8.49. The Labute approximate surface area is 185 Å². The maximum Gasteiger partial charge on any atom is 0.257 e. The lowest BCUT2D eigenvalue weighted by molar-refractivity contribution is -0.115. The number of aryl methyl sites for hydroxylation is 1. The highest BCUT2D eigenvalue weighted by Crippen LogP contribution is 2.42. The second-order valence-electron chi connectivity index (χ2n) is 7.01. The molecular weight excluding hydrogens is 416 g/mol. The van der Waals surface area contributed by atoms with Crippen LogP contribution < -0.4 is 10.2 Å². The number of halogens is 1. The van der Waals surface area contributed by atoms with Gasteiger partial charge in [0.15, 0.2) is 0 Å². The van der Waals surface area contributed by atoms with Gasteiger partial charge in [0.25, 0.3) is 5.91 Å². The first-order valence-corrected chi connectivity index (χ1v) is 11.2. The summed E-state index contributed by atoms with van der Waals surface area (Å²) in [4.78, 5) is 27.1. The first-order valence-electron chi connectivity index (χ1n) is 9.75. The molecule has 4 nitrogen and oxygen atoms in total. The SMILES string of the molecule is CCc1cccc(N2C(=O)CS[C@@H]2c2cccc(NC(=O)c3ccccc3Cl)c2)c1. The van der Waals surface area contributed by atoms with E-state index in [9.17, 15) is 9.59 Å². The first-order chi connectivity index (χ1) is 14.6. The van der Waals surface area contributed by atoms with Crippen LogP contribution in [-0.2, 0) is 11.2 Å². The summed E-state index contributed by atoms with van der Waals surface area (Å²) in [7, 11) is 0. The molecule has 0 spiro atoms. The Balaban J connectivity index is 1.60. The third kappa shape index (κ3) is 4.23. The Hall–Kier alpha value is -2.76. The van der Waals surface area contributed by atoms with E-state index in [4.69, 9.17) is 11.6 Å². The Morgan fingerprint density at radius 3 is 2.70 bits per heavy atom. The zero-order valence-electron chi connectivity index (χ0n) is 16.5. The molecular formula is C24H21ClN2O2S. The Morgan fingerprint density at radius 2 is 1.90 bits per heavy atom. The van der Waals surface area contributed by atoms with Gasteiger partial charge in [-0.2, -0.15) is 0 Å². The molecule has 0 bridgehead atoms. The second kappa shape index (κ2) is 8.94. The maximum absolute atomic E-state index is 12.7. The average Bonchev–Trinajstić information content (AvgIpc) is 3.15. The van der Waals surface area contributed by atoms with Crippen LogP contribution in [0.1, 0.15) is 33.8 Å². The van der Waals surface area contributed by atoms with Crippen molar-refractivity contribution in [1.82, 2.24) is 0 Å². The molecule has 30 heavy (non-hydrogen) atoms. The van der Waals surface area contributed by atoms with Crippen molar-refractivity contribution in [2.45, 2.75) is 18.7 Å². The molecule has 2 amide bonds. The Bertz CT molecular complexity index is 1100. The van der Waals surface area contributed by atoms with Crippen LogP contribution in [-0.4, -0.2) is 17.6 Å². The third-order valence-electron chi connectivity index (χ3n) is 5.01. The number of rotatable bonds is 5.